The first-order chi connectivity index (χ1) is 14.9. The largest absolute Gasteiger partial charge is 0.506 e. The summed E-state index contributed by atoms with van der Waals surface area (Å²) in [5.74, 6) is -5.21. The number of allylic oxidation sites excluding steroid dienone is 3. The molecule has 2 atom stereocenters. The number of Topliss-reactive ketones (excluding diaryl/α,β-unsaturated/α-hetero) is 1. The minimum absolute atomic E-state index is 0.0117. The summed E-state index contributed by atoms with van der Waals surface area (Å²) in [6.07, 6.45) is 1.10. The van der Waals surface area contributed by atoms with Crippen LogP contribution in [0.2, 0.25) is 0 Å². The lowest BCUT2D eigenvalue weighted by Gasteiger charge is -2.21. The lowest BCUT2D eigenvalue weighted by atomic mass is 10.0. The number of ketones is 1. The maximum absolute atomic E-state index is 13.0. The van der Waals surface area contributed by atoms with Crippen LogP contribution >= 0.6 is 0 Å². The number of hydrogen-bond acceptors (Lipinski definition) is 9. The number of fused-ring (bicyclic) bond motifs is 1. The van der Waals surface area contributed by atoms with Gasteiger partial charge in [-0.15, -0.1) is 0 Å². The lowest BCUT2D eigenvalue weighted by molar-refractivity contribution is -0.152. The van der Waals surface area contributed by atoms with Gasteiger partial charge in [0.1, 0.15) is 17.5 Å². The zero-order valence-corrected chi connectivity index (χ0v) is 18.2. The Bertz CT molecular complexity index is 1070. The maximum Gasteiger partial charge on any atom is 0.306 e. The molecule has 1 aliphatic rings. The number of aromatic hydroxyl groups is 1. The van der Waals surface area contributed by atoms with Crippen molar-refractivity contribution >= 4 is 23.6 Å². The molecule has 1 aromatic heterocycles. The van der Waals surface area contributed by atoms with Crippen LogP contribution in [0.25, 0.3) is 0 Å². The second-order valence-electron chi connectivity index (χ2n) is 7.78. The molecule has 0 unspecified atom stereocenters. The van der Waals surface area contributed by atoms with Crippen LogP contribution in [0.3, 0.4) is 0 Å². The van der Waals surface area contributed by atoms with Gasteiger partial charge in [-0.25, -0.2) is 4.57 Å². The van der Waals surface area contributed by atoms with Crippen LogP contribution in [-0.2, 0) is 19.1 Å². The average Bonchev–Trinajstić information content (AvgIpc) is 2.69. The molecule has 0 bridgehead atoms. The highest BCUT2D eigenvalue weighted by atomic mass is 16.5. The molecule has 10 nitrogen and oxygen atoms in total. The SMILES string of the molecule is CC(=O)OC[C@@H](C)CC(=O)O[C@@H](CC=C(C)C)c1cc(O)c2n(c1=O)C(=O)C=C(O)C2=O. The summed E-state index contributed by atoms with van der Waals surface area (Å²) < 4.78 is 10.8. The molecule has 10 heteroatoms. The number of pyridine rings is 1. The van der Waals surface area contributed by atoms with Gasteiger partial charge in [0.25, 0.3) is 11.5 Å². The Labute approximate surface area is 183 Å². The third kappa shape index (κ3) is 5.71. The van der Waals surface area contributed by atoms with Crippen molar-refractivity contribution in [2.24, 2.45) is 5.92 Å². The van der Waals surface area contributed by atoms with Crippen molar-refractivity contribution in [3.8, 4) is 5.75 Å². The van der Waals surface area contributed by atoms with Gasteiger partial charge < -0.3 is 19.7 Å². The molecule has 0 spiro atoms. The molecule has 2 heterocycles. The Morgan fingerprint density at radius 3 is 2.41 bits per heavy atom. The van der Waals surface area contributed by atoms with Crippen LogP contribution in [0.15, 0.2) is 34.3 Å². The predicted molar refractivity (Wildman–Crippen MR) is 111 cm³/mol. The second-order valence-corrected chi connectivity index (χ2v) is 7.78. The summed E-state index contributed by atoms with van der Waals surface area (Å²) in [7, 11) is 0. The highest BCUT2D eigenvalue weighted by Crippen LogP contribution is 2.28. The maximum atomic E-state index is 13.0. The predicted octanol–water partition coefficient (Wildman–Crippen LogP) is 2.36. The first kappa shape index (κ1) is 24.6. The summed E-state index contributed by atoms with van der Waals surface area (Å²) in [6.45, 7) is 6.53. The van der Waals surface area contributed by atoms with Gasteiger partial charge in [0, 0.05) is 19.3 Å². The van der Waals surface area contributed by atoms with Crippen LogP contribution in [0, 0.1) is 5.92 Å². The van der Waals surface area contributed by atoms with E-state index in [0.717, 1.165) is 11.6 Å². The molecule has 2 N–H and O–H groups in total. The lowest BCUT2D eigenvalue weighted by Crippen LogP contribution is -2.37. The topological polar surface area (TPSA) is 149 Å². The van der Waals surface area contributed by atoms with Gasteiger partial charge in [-0.1, -0.05) is 18.6 Å². The van der Waals surface area contributed by atoms with Crippen molar-refractivity contribution in [3.05, 3.63) is 51.2 Å². The van der Waals surface area contributed by atoms with Crippen molar-refractivity contribution in [1.82, 2.24) is 4.57 Å². The highest BCUT2D eigenvalue weighted by molar-refractivity contribution is 6.16. The number of nitrogens with zero attached hydrogens (tertiary/aromatic N) is 1. The Morgan fingerprint density at radius 1 is 1.16 bits per heavy atom. The third-order valence-electron chi connectivity index (χ3n) is 4.58. The summed E-state index contributed by atoms with van der Waals surface area (Å²) in [5, 5.41) is 19.9. The molecule has 0 fully saturated rings. The van der Waals surface area contributed by atoms with Gasteiger partial charge in [0.2, 0.25) is 5.78 Å². The van der Waals surface area contributed by atoms with Crippen molar-refractivity contribution in [3.63, 3.8) is 0 Å². The number of carbonyl (C=O) groups excluding carboxylic acids is 4. The van der Waals surface area contributed by atoms with Crippen molar-refractivity contribution in [1.29, 1.82) is 0 Å². The summed E-state index contributed by atoms with van der Waals surface area (Å²) in [5.41, 5.74) is -0.949. The average molecular weight is 447 g/mol. The molecule has 32 heavy (non-hydrogen) atoms. The first-order valence-corrected chi connectivity index (χ1v) is 9.87. The van der Waals surface area contributed by atoms with E-state index in [1.807, 2.05) is 0 Å². The number of carbonyl (C=O) groups is 4. The number of aromatic nitrogens is 1. The first-order valence-electron chi connectivity index (χ1n) is 9.87. The van der Waals surface area contributed by atoms with E-state index in [1.165, 1.54) is 6.92 Å². The van der Waals surface area contributed by atoms with Gasteiger partial charge in [0.15, 0.2) is 5.76 Å². The Kier molecular flexibility index (Phi) is 7.74. The van der Waals surface area contributed by atoms with E-state index >= 15 is 0 Å². The van der Waals surface area contributed by atoms with Crippen LogP contribution in [0.4, 0.5) is 0 Å². The van der Waals surface area contributed by atoms with E-state index in [2.05, 4.69) is 0 Å². The molecule has 1 aromatic rings. The van der Waals surface area contributed by atoms with Crippen molar-refractivity contribution in [2.75, 3.05) is 6.61 Å². The highest BCUT2D eigenvalue weighted by Gasteiger charge is 2.33. The number of hydrogen-bond donors (Lipinski definition) is 2. The van der Waals surface area contributed by atoms with E-state index in [1.54, 1.807) is 26.8 Å². The normalized spacial score (nSPS) is 14.7. The smallest absolute Gasteiger partial charge is 0.306 e. The molecular formula is C22H25NO9. The molecule has 0 saturated heterocycles. The minimum atomic E-state index is -1.16. The van der Waals surface area contributed by atoms with E-state index in [9.17, 15) is 34.2 Å². The zero-order valence-electron chi connectivity index (χ0n) is 18.2. The Hall–Kier alpha value is -3.69. The molecule has 0 saturated carbocycles. The number of aliphatic hydroxyl groups is 1. The van der Waals surface area contributed by atoms with Gasteiger partial charge in [-0.3, -0.25) is 24.0 Å². The van der Waals surface area contributed by atoms with E-state index < -0.39 is 52.5 Å². The molecule has 172 valence electrons. The fourth-order valence-corrected chi connectivity index (χ4v) is 3.04. The van der Waals surface area contributed by atoms with E-state index in [-0.39, 0.29) is 30.9 Å². The molecule has 0 aliphatic carbocycles. The molecule has 0 radical (unpaired) electrons. The van der Waals surface area contributed by atoms with Crippen LogP contribution in [-0.4, -0.2) is 45.0 Å². The molecule has 0 aromatic carbocycles. The quantitative estimate of drug-likeness (QED) is 0.452. The van der Waals surface area contributed by atoms with Crippen molar-refractivity contribution < 1.29 is 38.9 Å². The van der Waals surface area contributed by atoms with Gasteiger partial charge in [0.05, 0.1) is 24.7 Å². The fourth-order valence-electron chi connectivity index (χ4n) is 3.04. The van der Waals surface area contributed by atoms with Crippen LogP contribution in [0.1, 0.15) is 67.5 Å². The van der Waals surface area contributed by atoms with Crippen molar-refractivity contribution in [2.45, 2.75) is 46.6 Å². The van der Waals surface area contributed by atoms with Gasteiger partial charge in [-0.2, -0.15) is 0 Å². The Balaban J connectivity index is 2.40. The van der Waals surface area contributed by atoms with Crippen LogP contribution < -0.4 is 5.56 Å². The summed E-state index contributed by atoms with van der Waals surface area (Å²) >= 11 is 0. The molecule has 1 aliphatic heterocycles. The molecular weight excluding hydrogens is 422 g/mol. The fraction of sp³-hybridized carbons (Fsp3) is 0.409. The molecule has 0 amide bonds. The zero-order chi connectivity index (χ0) is 24.2. The number of esters is 2. The standard InChI is InChI=1S/C22H25NO9/c1-11(2)5-6-17(32-19(28)7-12(3)10-31-13(4)24)14-8-15(25)20-21(29)16(26)9-18(27)23(20)22(14)30/h5,8-9,12,17,25-26H,6-7,10H2,1-4H3/t12-,17-/m0/s1. The number of aliphatic hydroxyl groups excluding tert-OH is 1. The molecule has 2 rings (SSSR count). The van der Waals surface area contributed by atoms with Crippen LogP contribution in [0.5, 0.6) is 5.75 Å². The van der Waals surface area contributed by atoms with E-state index in [4.69, 9.17) is 9.47 Å². The second kappa shape index (κ2) is 10.1. The van der Waals surface area contributed by atoms with E-state index in [0.29, 0.717) is 10.6 Å². The van der Waals surface area contributed by atoms with Gasteiger partial charge in [-0.05, 0) is 19.9 Å². The van der Waals surface area contributed by atoms with Gasteiger partial charge >= 0.3 is 11.9 Å². The summed E-state index contributed by atoms with van der Waals surface area (Å²) in [4.78, 5) is 60.7. The number of rotatable bonds is 8. The summed E-state index contributed by atoms with van der Waals surface area (Å²) in [6, 6.07) is 0.955. The Morgan fingerprint density at radius 2 is 1.81 bits per heavy atom. The monoisotopic (exact) mass is 447 g/mol. The minimum Gasteiger partial charge on any atom is -0.506 e. The number of ether oxygens (including phenoxy) is 2. The third-order valence-corrected chi connectivity index (χ3v) is 4.58.